The number of piperazine rings is 1. The van der Waals surface area contributed by atoms with E-state index >= 15 is 0 Å². The van der Waals surface area contributed by atoms with E-state index in [2.05, 4.69) is 19.2 Å². The Morgan fingerprint density at radius 2 is 2.31 bits per heavy atom. The highest BCUT2D eigenvalue weighted by atomic mass is 16.3. The third kappa shape index (κ3) is 1.97. The first-order valence-electron chi connectivity index (χ1n) is 5.58. The number of amides is 1. The second-order valence-corrected chi connectivity index (χ2v) is 4.89. The second kappa shape index (κ2) is 3.94. The number of hydrogen-bond donors (Lipinski definition) is 1. The fraction of sp³-hybridized carbons (Fsp3) is 0.583. The molecule has 2 rings (SSSR count). The zero-order valence-electron chi connectivity index (χ0n) is 10.0. The van der Waals surface area contributed by atoms with Crippen LogP contribution in [0.5, 0.6) is 0 Å². The molecule has 1 aliphatic heterocycles. The molecule has 0 radical (unpaired) electrons. The molecule has 1 aromatic heterocycles. The maximum Gasteiger partial charge on any atom is 0.257 e. The average molecular weight is 222 g/mol. The molecular formula is C12H18N2O2. The van der Waals surface area contributed by atoms with Crippen LogP contribution < -0.4 is 5.32 Å². The van der Waals surface area contributed by atoms with Crippen LogP contribution in [0.3, 0.4) is 0 Å². The molecule has 0 aromatic carbocycles. The molecule has 0 atom stereocenters. The average Bonchev–Trinajstić information content (AvgIpc) is 2.63. The molecule has 0 bridgehead atoms. The Balaban J connectivity index is 2.20. The van der Waals surface area contributed by atoms with Crippen molar-refractivity contribution in [2.45, 2.75) is 26.3 Å². The zero-order chi connectivity index (χ0) is 11.8. The van der Waals surface area contributed by atoms with Crippen LogP contribution in [0.15, 0.2) is 16.7 Å². The Kier molecular flexibility index (Phi) is 2.76. The lowest BCUT2D eigenvalue weighted by Gasteiger charge is -2.42. The van der Waals surface area contributed by atoms with Gasteiger partial charge in [0.2, 0.25) is 0 Å². The van der Waals surface area contributed by atoms with E-state index in [1.54, 1.807) is 6.07 Å². The smallest absolute Gasteiger partial charge is 0.257 e. The number of carbonyl (C=O) groups is 1. The molecule has 1 aliphatic rings. The molecule has 4 nitrogen and oxygen atoms in total. The molecule has 0 spiro atoms. The summed E-state index contributed by atoms with van der Waals surface area (Å²) in [5, 5.41) is 3.30. The van der Waals surface area contributed by atoms with Gasteiger partial charge in [-0.1, -0.05) is 0 Å². The van der Waals surface area contributed by atoms with Crippen molar-refractivity contribution in [3.63, 3.8) is 0 Å². The van der Waals surface area contributed by atoms with Crippen LogP contribution in [0.25, 0.3) is 0 Å². The van der Waals surface area contributed by atoms with Crippen LogP contribution in [0, 0.1) is 6.92 Å². The summed E-state index contributed by atoms with van der Waals surface area (Å²) >= 11 is 0. The summed E-state index contributed by atoms with van der Waals surface area (Å²) in [6, 6.07) is 1.79. The largest absolute Gasteiger partial charge is 0.469 e. The van der Waals surface area contributed by atoms with Gasteiger partial charge in [0, 0.05) is 19.6 Å². The first-order valence-corrected chi connectivity index (χ1v) is 5.58. The summed E-state index contributed by atoms with van der Waals surface area (Å²) in [7, 11) is 0. The zero-order valence-corrected chi connectivity index (χ0v) is 10.0. The Morgan fingerprint density at radius 1 is 1.56 bits per heavy atom. The number of rotatable bonds is 1. The monoisotopic (exact) mass is 222 g/mol. The van der Waals surface area contributed by atoms with Crippen molar-refractivity contribution in [1.82, 2.24) is 10.2 Å². The van der Waals surface area contributed by atoms with Crippen molar-refractivity contribution in [3.8, 4) is 0 Å². The van der Waals surface area contributed by atoms with Crippen molar-refractivity contribution in [3.05, 3.63) is 23.7 Å². The molecule has 1 saturated heterocycles. The molecule has 0 unspecified atom stereocenters. The van der Waals surface area contributed by atoms with Crippen LogP contribution in [-0.4, -0.2) is 36.0 Å². The van der Waals surface area contributed by atoms with Gasteiger partial charge in [0.1, 0.15) is 12.0 Å². The predicted octanol–water partition coefficient (Wildman–Crippen LogP) is 1.41. The maximum atomic E-state index is 12.3. The molecule has 1 aromatic rings. The summed E-state index contributed by atoms with van der Waals surface area (Å²) in [6.45, 7) is 8.42. The van der Waals surface area contributed by atoms with Crippen molar-refractivity contribution >= 4 is 5.91 Å². The van der Waals surface area contributed by atoms with Crippen LogP contribution in [0.1, 0.15) is 30.0 Å². The molecule has 4 heteroatoms. The van der Waals surface area contributed by atoms with Crippen molar-refractivity contribution < 1.29 is 9.21 Å². The highest BCUT2D eigenvalue weighted by Crippen LogP contribution is 2.20. The van der Waals surface area contributed by atoms with Crippen LogP contribution in [0.2, 0.25) is 0 Å². The molecule has 2 heterocycles. The van der Waals surface area contributed by atoms with E-state index < -0.39 is 0 Å². The van der Waals surface area contributed by atoms with Crippen molar-refractivity contribution in [1.29, 1.82) is 0 Å². The predicted molar refractivity (Wildman–Crippen MR) is 61.4 cm³/mol. The molecule has 0 saturated carbocycles. The first kappa shape index (κ1) is 11.2. The summed E-state index contributed by atoms with van der Waals surface area (Å²) < 4.78 is 5.18. The quantitative estimate of drug-likeness (QED) is 0.781. The van der Waals surface area contributed by atoms with E-state index in [0.29, 0.717) is 5.56 Å². The van der Waals surface area contributed by atoms with Gasteiger partial charge in [-0.3, -0.25) is 4.79 Å². The van der Waals surface area contributed by atoms with E-state index in [9.17, 15) is 4.79 Å². The maximum absolute atomic E-state index is 12.3. The number of hydrogen-bond acceptors (Lipinski definition) is 3. The normalized spacial score (nSPS) is 19.8. The summed E-state index contributed by atoms with van der Waals surface area (Å²) in [5.41, 5.74) is 0.507. The van der Waals surface area contributed by atoms with Gasteiger partial charge in [-0.15, -0.1) is 0 Å². The van der Waals surface area contributed by atoms with Gasteiger partial charge in [0.05, 0.1) is 11.1 Å². The van der Waals surface area contributed by atoms with Gasteiger partial charge in [0.25, 0.3) is 5.91 Å². The SMILES string of the molecule is Cc1cc(C(=O)N2CCNCC2(C)C)co1. The minimum Gasteiger partial charge on any atom is -0.469 e. The van der Waals surface area contributed by atoms with Gasteiger partial charge in [-0.25, -0.2) is 0 Å². The molecule has 88 valence electrons. The minimum absolute atomic E-state index is 0.0587. The van der Waals surface area contributed by atoms with E-state index in [1.165, 1.54) is 6.26 Å². The number of furan rings is 1. The lowest BCUT2D eigenvalue weighted by Crippen LogP contribution is -2.59. The molecule has 16 heavy (non-hydrogen) atoms. The second-order valence-electron chi connectivity index (χ2n) is 4.89. The fourth-order valence-electron chi connectivity index (χ4n) is 2.07. The number of nitrogens with one attached hydrogen (secondary N) is 1. The molecule has 1 fully saturated rings. The number of nitrogens with zero attached hydrogens (tertiary/aromatic N) is 1. The van der Waals surface area contributed by atoms with E-state index in [0.717, 1.165) is 25.4 Å². The highest BCUT2D eigenvalue weighted by molar-refractivity contribution is 5.94. The topological polar surface area (TPSA) is 45.5 Å². The third-order valence-electron chi connectivity index (χ3n) is 3.02. The van der Waals surface area contributed by atoms with Crippen LogP contribution in [-0.2, 0) is 0 Å². The lowest BCUT2D eigenvalue weighted by molar-refractivity contribution is 0.0477. The first-order chi connectivity index (χ1) is 7.50. The van der Waals surface area contributed by atoms with E-state index in [1.807, 2.05) is 11.8 Å². The Bertz CT molecular complexity index is 395. The lowest BCUT2D eigenvalue weighted by atomic mass is 9.99. The Morgan fingerprint density at radius 3 is 2.88 bits per heavy atom. The summed E-state index contributed by atoms with van der Waals surface area (Å²) in [6.07, 6.45) is 1.54. The molecule has 0 aliphatic carbocycles. The van der Waals surface area contributed by atoms with Gasteiger partial charge < -0.3 is 14.6 Å². The van der Waals surface area contributed by atoms with Crippen molar-refractivity contribution in [2.75, 3.05) is 19.6 Å². The molecular weight excluding hydrogens is 204 g/mol. The van der Waals surface area contributed by atoms with Gasteiger partial charge in [-0.2, -0.15) is 0 Å². The van der Waals surface area contributed by atoms with E-state index in [4.69, 9.17) is 4.42 Å². The third-order valence-corrected chi connectivity index (χ3v) is 3.02. The van der Waals surface area contributed by atoms with Gasteiger partial charge in [-0.05, 0) is 26.8 Å². The fourth-order valence-corrected chi connectivity index (χ4v) is 2.07. The Labute approximate surface area is 95.6 Å². The Hall–Kier alpha value is -1.29. The van der Waals surface area contributed by atoms with Crippen LogP contribution in [0.4, 0.5) is 0 Å². The van der Waals surface area contributed by atoms with Gasteiger partial charge >= 0.3 is 0 Å². The standard InChI is InChI=1S/C12H18N2O2/c1-9-6-10(7-16-9)11(15)14-5-4-13-8-12(14,2)3/h6-7,13H,4-5,8H2,1-3H3. The summed E-state index contributed by atoms with van der Waals surface area (Å²) in [5.74, 6) is 0.833. The molecule has 1 N–H and O–H groups in total. The number of aryl methyl sites for hydroxylation is 1. The van der Waals surface area contributed by atoms with Crippen molar-refractivity contribution in [2.24, 2.45) is 0 Å². The van der Waals surface area contributed by atoms with E-state index in [-0.39, 0.29) is 11.4 Å². The van der Waals surface area contributed by atoms with Gasteiger partial charge in [0.15, 0.2) is 0 Å². The summed E-state index contributed by atoms with van der Waals surface area (Å²) in [4.78, 5) is 14.2. The highest BCUT2D eigenvalue weighted by Gasteiger charge is 2.34. The minimum atomic E-state index is -0.138. The number of carbonyl (C=O) groups excluding carboxylic acids is 1. The molecule has 1 amide bonds. The van der Waals surface area contributed by atoms with Crippen LogP contribution >= 0.6 is 0 Å².